The van der Waals surface area contributed by atoms with Crippen LogP contribution >= 0.6 is 0 Å². The SMILES string of the molecule is O=CNC(C(=O)O)c1c(F)cccc1F. The maximum Gasteiger partial charge on any atom is 0.331 e. The monoisotopic (exact) mass is 215 g/mol. The third kappa shape index (κ3) is 2.28. The number of nitrogens with one attached hydrogen (secondary N) is 1. The highest BCUT2D eigenvalue weighted by atomic mass is 19.1. The van der Waals surface area contributed by atoms with Crippen molar-refractivity contribution in [1.82, 2.24) is 5.32 Å². The molecule has 15 heavy (non-hydrogen) atoms. The molecule has 0 fully saturated rings. The molecule has 2 N–H and O–H groups in total. The molecule has 0 aliphatic heterocycles. The molecule has 0 aliphatic carbocycles. The summed E-state index contributed by atoms with van der Waals surface area (Å²) in [5.41, 5.74) is -0.683. The first kappa shape index (κ1) is 11.1. The Morgan fingerprint density at radius 1 is 1.40 bits per heavy atom. The molecule has 1 aromatic rings. The van der Waals surface area contributed by atoms with E-state index in [1.807, 2.05) is 5.32 Å². The molecule has 0 saturated carbocycles. The number of carboxylic acids is 1. The van der Waals surface area contributed by atoms with Gasteiger partial charge in [0.15, 0.2) is 6.04 Å². The fourth-order valence-corrected chi connectivity index (χ4v) is 1.13. The Morgan fingerprint density at radius 2 is 1.93 bits per heavy atom. The quantitative estimate of drug-likeness (QED) is 0.731. The molecule has 1 aromatic carbocycles. The molecule has 1 amide bonds. The Kier molecular flexibility index (Phi) is 3.33. The topological polar surface area (TPSA) is 66.4 Å². The summed E-state index contributed by atoms with van der Waals surface area (Å²) in [7, 11) is 0. The summed E-state index contributed by atoms with van der Waals surface area (Å²) in [4.78, 5) is 20.7. The standard InChI is InChI=1S/C9H7F2NO3/c10-5-2-1-3-6(11)7(5)8(9(14)15)12-4-13/h1-4,8H,(H,12,13)(H,14,15). The molecule has 1 unspecified atom stereocenters. The molecular weight excluding hydrogens is 208 g/mol. The maximum atomic E-state index is 13.1. The van der Waals surface area contributed by atoms with Gasteiger partial charge >= 0.3 is 5.97 Å². The van der Waals surface area contributed by atoms with Gasteiger partial charge in [0, 0.05) is 0 Å². The van der Waals surface area contributed by atoms with Crippen LogP contribution in [-0.4, -0.2) is 17.5 Å². The van der Waals surface area contributed by atoms with E-state index < -0.39 is 29.2 Å². The van der Waals surface area contributed by atoms with Crippen LogP contribution in [0.5, 0.6) is 0 Å². The fourth-order valence-electron chi connectivity index (χ4n) is 1.13. The number of hydrogen-bond acceptors (Lipinski definition) is 2. The van der Waals surface area contributed by atoms with Crippen molar-refractivity contribution in [2.75, 3.05) is 0 Å². The van der Waals surface area contributed by atoms with Crippen molar-refractivity contribution in [2.45, 2.75) is 6.04 Å². The van der Waals surface area contributed by atoms with Gasteiger partial charge in [-0.15, -0.1) is 0 Å². The molecule has 0 spiro atoms. The van der Waals surface area contributed by atoms with Gasteiger partial charge < -0.3 is 10.4 Å². The lowest BCUT2D eigenvalue weighted by Gasteiger charge is -2.12. The molecule has 0 aromatic heterocycles. The van der Waals surface area contributed by atoms with Crippen molar-refractivity contribution in [3.05, 3.63) is 35.4 Å². The van der Waals surface area contributed by atoms with E-state index in [1.165, 1.54) is 0 Å². The number of benzene rings is 1. The minimum Gasteiger partial charge on any atom is -0.479 e. The molecule has 0 bridgehead atoms. The fraction of sp³-hybridized carbons (Fsp3) is 0.111. The Bertz CT molecular complexity index is 375. The van der Waals surface area contributed by atoms with Gasteiger partial charge in [-0.2, -0.15) is 0 Å². The van der Waals surface area contributed by atoms with E-state index in [0.717, 1.165) is 18.2 Å². The van der Waals surface area contributed by atoms with Crippen molar-refractivity contribution >= 4 is 12.4 Å². The third-order valence-electron chi connectivity index (χ3n) is 1.77. The average Bonchev–Trinajstić information content (AvgIpc) is 2.15. The second kappa shape index (κ2) is 4.50. The molecule has 0 saturated heterocycles. The minimum absolute atomic E-state index is 0.0741. The van der Waals surface area contributed by atoms with Crippen molar-refractivity contribution in [3.8, 4) is 0 Å². The summed E-state index contributed by atoms with van der Waals surface area (Å²) in [5.74, 6) is -3.57. The summed E-state index contributed by atoms with van der Waals surface area (Å²) in [6.45, 7) is 0. The van der Waals surface area contributed by atoms with Crippen molar-refractivity contribution in [2.24, 2.45) is 0 Å². The van der Waals surface area contributed by atoms with Gasteiger partial charge in [0.25, 0.3) is 0 Å². The van der Waals surface area contributed by atoms with Gasteiger partial charge in [0.2, 0.25) is 6.41 Å². The summed E-state index contributed by atoms with van der Waals surface area (Å²) >= 11 is 0. The zero-order chi connectivity index (χ0) is 11.4. The molecule has 1 rings (SSSR count). The van der Waals surface area contributed by atoms with E-state index in [4.69, 9.17) is 5.11 Å². The van der Waals surface area contributed by atoms with Gasteiger partial charge in [-0.1, -0.05) is 6.07 Å². The second-order valence-electron chi connectivity index (χ2n) is 2.69. The largest absolute Gasteiger partial charge is 0.479 e. The lowest BCUT2D eigenvalue weighted by atomic mass is 10.1. The normalized spacial score (nSPS) is 11.9. The predicted molar refractivity (Wildman–Crippen MR) is 45.9 cm³/mol. The van der Waals surface area contributed by atoms with Crippen molar-refractivity contribution in [1.29, 1.82) is 0 Å². The van der Waals surface area contributed by atoms with Crippen LogP contribution in [0.15, 0.2) is 18.2 Å². The first-order chi connectivity index (χ1) is 7.07. The zero-order valence-electron chi connectivity index (χ0n) is 7.41. The molecule has 1 atom stereocenters. The van der Waals surface area contributed by atoms with Crippen molar-refractivity contribution in [3.63, 3.8) is 0 Å². The number of carboxylic acid groups (broad SMARTS) is 1. The summed E-state index contributed by atoms with van der Waals surface area (Å²) in [6.07, 6.45) is 0.0741. The number of carbonyl (C=O) groups excluding carboxylic acids is 1. The van der Waals surface area contributed by atoms with E-state index in [-0.39, 0.29) is 6.41 Å². The Morgan fingerprint density at radius 3 is 2.33 bits per heavy atom. The van der Waals surface area contributed by atoms with E-state index in [1.54, 1.807) is 0 Å². The van der Waals surface area contributed by atoms with E-state index in [2.05, 4.69) is 0 Å². The van der Waals surface area contributed by atoms with Gasteiger partial charge in [-0.25, -0.2) is 13.6 Å². The number of halogens is 2. The van der Waals surface area contributed by atoms with Crippen LogP contribution < -0.4 is 5.32 Å². The molecular formula is C9H7F2NO3. The summed E-state index contributed by atoms with van der Waals surface area (Å²) < 4.78 is 26.2. The average molecular weight is 215 g/mol. The Labute approximate surface area is 83.5 Å². The van der Waals surface area contributed by atoms with E-state index in [0.29, 0.717) is 0 Å². The predicted octanol–water partition coefficient (Wildman–Crippen LogP) is 0.836. The van der Waals surface area contributed by atoms with Gasteiger partial charge in [-0.3, -0.25) is 4.79 Å². The smallest absolute Gasteiger partial charge is 0.331 e. The Balaban J connectivity index is 3.21. The van der Waals surface area contributed by atoms with E-state index >= 15 is 0 Å². The molecule has 6 heteroatoms. The lowest BCUT2D eigenvalue weighted by Crippen LogP contribution is -2.29. The van der Waals surface area contributed by atoms with E-state index in [9.17, 15) is 18.4 Å². The molecule has 0 aliphatic rings. The van der Waals surface area contributed by atoms with Crippen LogP contribution in [0, 0.1) is 11.6 Å². The highest BCUT2D eigenvalue weighted by Crippen LogP contribution is 2.20. The summed E-state index contributed by atoms with van der Waals surface area (Å²) in [5, 5.41) is 10.5. The Hall–Kier alpha value is -1.98. The van der Waals surface area contributed by atoms with Gasteiger partial charge in [-0.05, 0) is 12.1 Å². The second-order valence-corrected chi connectivity index (χ2v) is 2.69. The van der Waals surface area contributed by atoms with Crippen molar-refractivity contribution < 1.29 is 23.5 Å². The van der Waals surface area contributed by atoms with Crippen LogP contribution in [-0.2, 0) is 9.59 Å². The number of carbonyl (C=O) groups is 2. The van der Waals surface area contributed by atoms with Crippen LogP contribution in [0.3, 0.4) is 0 Å². The van der Waals surface area contributed by atoms with Crippen LogP contribution in [0.1, 0.15) is 11.6 Å². The van der Waals surface area contributed by atoms with Crippen LogP contribution in [0.2, 0.25) is 0 Å². The number of amides is 1. The highest BCUT2D eigenvalue weighted by Gasteiger charge is 2.25. The lowest BCUT2D eigenvalue weighted by molar-refractivity contribution is -0.140. The van der Waals surface area contributed by atoms with Crippen LogP contribution in [0.25, 0.3) is 0 Å². The molecule has 4 nitrogen and oxygen atoms in total. The number of aliphatic carboxylic acids is 1. The first-order valence-electron chi connectivity index (χ1n) is 3.94. The number of hydrogen-bond donors (Lipinski definition) is 2. The van der Waals surface area contributed by atoms with Gasteiger partial charge in [0.05, 0.1) is 5.56 Å². The number of rotatable bonds is 4. The minimum atomic E-state index is -1.72. The van der Waals surface area contributed by atoms with Crippen LogP contribution in [0.4, 0.5) is 8.78 Å². The molecule has 80 valence electrons. The first-order valence-corrected chi connectivity index (χ1v) is 3.94. The zero-order valence-corrected chi connectivity index (χ0v) is 7.41. The summed E-state index contributed by atoms with van der Waals surface area (Å²) in [6, 6.07) is 1.22. The third-order valence-corrected chi connectivity index (χ3v) is 1.77. The van der Waals surface area contributed by atoms with Gasteiger partial charge in [0.1, 0.15) is 11.6 Å². The molecule has 0 heterocycles. The highest BCUT2D eigenvalue weighted by molar-refractivity contribution is 5.78. The maximum absolute atomic E-state index is 13.1. The molecule has 0 radical (unpaired) electrons.